The minimum atomic E-state index is -3.67. The van der Waals surface area contributed by atoms with Crippen LogP contribution in [0.25, 0.3) is 11.1 Å². The molecule has 2 fully saturated rings. The maximum absolute atomic E-state index is 13.1. The third-order valence-electron chi connectivity index (χ3n) is 6.89. The Balaban J connectivity index is 1.30. The molecule has 3 aromatic rings. The van der Waals surface area contributed by atoms with Crippen LogP contribution in [-0.4, -0.2) is 67.4 Å². The minimum Gasteiger partial charge on any atom is -0.408 e. The zero-order valence-electron chi connectivity index (χ0n) is 19.6. The number of carbonyl (C=O) groups is 1. The average molecular weight is 499 g/mol. The smallest absolute Gasteiger partial charge is 0.408 e. The van der Waals surface area contributed by atoms with Crippen LogP contribution in [0.2, 0.25) is 0 Å². The van der Waals surface area contributed by atoms with E-state index in [4.69, 9.17) is 4.42 Å². The SMILES string of the molecule is O=C(Cn1c(=O)oc2cc(S(=O)(=O)N3CCCCCC3)ccc21)N1CCN(c2ccccc2)CC1. The van der Waals surface area contributed by atoms with Crippen LogP contribution in [0.4, 0.5) is 5.69 Å². The minimum absolute atomic E-state index is 0.108. The van der Waals surface area contributed by atoms with E-state index in [0.29, 0.717) is 44.8 Å². The van der Waals surface area contributed by atoms with Gasteiger partial charge in [0, 0.05) is 51.0 Å². The normalized spacial score (nSPS) is 18.1. The van der Waals surface area contributed by atoms with Gasteiger partial charge in [0.1, 0.15) is 6.54 Å². The number of amides is 1. The van der Waals surface area contributed by atoms with Crippen molar-refractivity contribution in [2.75, 3.05) is 44.2 Å². The summed E-state index contributed by atoms with van der Waals surface area (Å²) in [7, 11) is -3.67. The topological polar surface area (TPSA) is 96.1 Å². The molecule has 10 heteroatoms. The summed E-state index contributed by atoms with van der Waals surface area (Å²) in [6.07, 6.45) is 3.74. The summed E-state index contributed by atoms with van der Waals surface area (Å²) in [5.41, 5.74) is 1.72. The van der Waals surface area contributed by atoms with E-state index < -0.39 is 15.8 Å². The van der Waals surface area contributed by atoms with Gasteiger partial charge >= 0.3 is 5.76 Å². The van der Waals surface area contributed by atoms with Gasteiger partial charge in [-0.3, -0.25) is 9.36 Å². The first-order chi connectivity index (χ1) is 16.9. The maximum atomic E-state index is 13.1. The highest BCUT2D eigenvalue weighted by molar-refractivity contribution is 7.89. The zero-order valence-corrected chi connectivity index (χ0v) is 20.5. The molecular weight excluding hydrogens is 468 g/mol. The molecule has 186 valence electrons. The van der Waals surface area contributed by atoms with E-state index in [1.54, 1.807) is 11.0 Å². The molecule has 0 aliphatic carbocycles. The van der Waals surface area contributed by atoms with Crippen molar-refractivity contribution in [3.05, 3.63) is 59.1 Å². The van der Waals surface area contributed by atoms with Crippen LogP contribution in [0.3, 0.4) is 0 Å². The molecule has 0 saturated carbocycles. The Morgan fingerprint density at radius 3 is 2.23 bits per heavy atom. The molecule has 35 heavy (non-hydrogen) atoms. The first kappa shape index (κ1) is 23.6. The summed E-state index contributed by atoms with van der Waals surface area (Å²) in [4.78, 5) is 29.6. The number of carbonyl (C=O) groups excluding carboxylic acids is 1. The lowest BCUT2D eigenvalue weighted by Gasteiger charge is -2.36. The van der Waals surface area contributed by atoms with Crippen LogP contribution in [0.15, 0.2) is 62.6 Å². The van der Waals surface area contributed by atoms with E-state index in [2.05, 4.69) is 17.0 Å². The number of nitrogens with zero attached hydrogens (tertiary/aromatic N) is 4. The van der Waals surface area contributed by atoms with E-state index >= 15 is 0 Å². The molecule has 5 rings (SSSR count). The van der Waals surface area contributed by atoms with Crippen molar-refractivity contribution in [3.8, 4) is 0 Å². The van der Waals surface area contributed by atoms with E-state index in [1.165, 1.54) is 21.0 Å². The van der Waals surface area contributed by atoms with Gasteiger partial charge in [-0.25, -0.2) is 13.2 Å². The molecule has 3 heterocycles. The number of benzene rings is 2. The van der Waals surface area contributed by atoms with E-state index in [-0.39, 0.29) is 22.9 Å². The first-order valence-electron chi connectivity index (χ1n) is 12.1. The third-order valence-corrected chi connectivity index (χ3v) is 8.78. The molecule has 0 bridgehead atoms. The van der Waals surface area contributed by atoms with Gasteiger partial charge in [-0.05, 0) is 37.1 Å². The molecular formula is C25H30N4O5S. The molecule has 0 spiro atoms. The van der Waals surface area contributed by atoms with Crippen LogP contribution >= 0.6 is 0 Å². The lowest BCUT2D eigenvalue weighted by Crippen LogP contribution is -2.50. The monoisotopic (exact) mass is 498 g/mol. The predicted molar refractivity (Wildman–Crippen MR) is 133 cm³/mol. The Hall–Kier alpha value is -3.11. The van der Waals surface area contributed by atoms with E-state index in [1.807, 2.05) is 18.2 Å². The average Bonchev–Trinajstić information content (AvgIpc) is 3.04. The number of aromatic nitrogens is 1. The summed E-state index contributed by atoms with van der Waals surface area (Å²) in [5.74, 6) is -0.829. The zero-order chi connectivity index (χ0) is 24.4. The second-order valence-electron chi connectivity index (χ2n) is 9.11. The molecule has 0 radical (unpaired) electrons. The quantitative estimate of drug-likeness (QED) is 0.536. The molecule has 0 atom stereocenters. The highest BCUT2D eigenvalue weighted by Gasteiger charge is 2.27. The molecule has 1 aromatic heterocycles. The fourth-order valence-electron chi connectivity index (χ4n) is 4.88. The molecule has 2 aliphatic heterocycles. The Morgan fingerprint density at radius 2 is 1.54 bits per heavy atom. The Kier molecular flexibility index (Phi) is 6.66. The number of hydrogen-bond acceptors (Lipinski definition) is 6. The van der Waals surface area contributed by atoms with Crippen LogP contribution in [0.5, 0.6) is 0 Å². The Labute approximate surface area is 204 Å². The molecule has 1 amide bonds. The Bertz CT molecular complexity index is 1350. The second-order valence-corrected chi connectivity index (χ2v) is 11.0. The molecule has 2 aliphatic rings. The van der Waals surface area contributed by atoms with Gasteiger partial charge < -0.3 is 14.2 Å². The highest BCUT2D eigenvalue weighted by Crippen LogP contribution is 2.24. The van der Waals surface area contributed by atoms with Crippen LogP contribution in [0.1, 0.15) is 25.7 Å². The number of piperazine rings is 1. The van der Waals surface area contributed by atoms with Crippen molar-refractivity contribution in [1.82, 2.24) is 13.8 Å². The highest BCUT2D eigenvalue weighted by atomic mass is 32.2. The lowest BCUT2D eigenvalue weighted by atomic mass is 10.2. The van der Waals surface area contributed by atoms with Crippen molar-refractivity contribution < 1.29 is 17.6 Å². The van der Waals surface area contributed by atoms with Crippen LogP contribution < -0.4 is 10.7 Å². The standard InChI is InChI=1S/C25H30N4O5S/c30-24(27-16-14-26(15-17-27)20-8-4-3-5-9-20)19-29-22-11-10-21(18-23(22)34-25(29)31)35(32,33)28-12-6-1-2-7-13-28/h3-5,8-11,18H,1-2,6-7,12-17,19H2. The summed E-state index contributed by atoms with van der Waals surface area (Å²) in [6.45, 7) is 3.42. The van der Waals surface area contributed by atoms with Gasteiger partial charge in [0.2, 0.25) is 15.9 Å². The van der Waals surface area contributed by atoms with Crippen LogP contribution in [0, 0.1) is 0 Å². The first-order valence-corrected chi connectivity index (χ1v) is 13.6. The number of fused-ring (bicyclic) bond motifs is 1. The number of para-hydroxylation sites is 1. The summed E-state index contributed by atoms with van der Waals surface area (Å²) < 4.78 is 34.4. The number of sulfonamides is 1. The molecule has 2 aromatic carbocycles. The fourth-order valence-corrected chi connectivity index (χ4v) is 6.41. The van der Waals surface area contributed by atoms with Gasteiger partial charge in [0.25, 0.3) is 0 Å². The number of hydrogen-bond donors (Lipinski definition) is 0. The number of rotatable bonds is 5. The van der Waals surface area contributed by atoms with Crippen molar-refractivity contribution in [3.63, 3.8) is 0 Å². The second kappa shape index (κ2) is 9.87. The lowest BCUT2D eigenvalue weighted by molar-refractivity contribution is -0.132. The molecule has 9 nitrogen and oxygen atoms in total. The van der Waals surface area contributed by atoms with Crippen molar-refractivity contribution in [2.45, 2.75) is 37.1 Å². The van der Waals surface area contributed by atoms with Gasteiger partial charge in [0.15, 0.2) is 5.58 Å². The van der Waals surface area contributed by atoms with Crippen molar-refractivity contribution in [2.24, 2.45) is 0 Å². The van der Waals surface area contributed by atoms with Gasteiger partial charge in [0.05, 0.1) is 10.4 Å². The van der Waals surface area contributed by atoms with E-state index in [0.717, 1.165) is 31.4 Å². The number of anilines is 1. The van der Waals surface area contributed by atoms with Gasteiger partial charge in [-0.2, -0.15) is 4.31 Å². The molecule has 0 unspecified atom stereocenters. The van der Waals surface area contributed by atoms with E-state index in [9.17, 15) is 18.0 Å². The Morgan fingerprint density at radius 1 is 0.857 bits per heavy atom. The van der Waals surface area contributed by atoms with Gasteiger partial charge in [-0.1, -0.05) is 31.0 Å². The number of oxazole rings is 1. The summed E-state index contributed by atoms with van der Waals surface area (Å²) in [6, 6.07) is 14.5. The van der Waals surface area contributed by atoms with Crippen LogP contribution in [-0.2, 0) is 21.4 Å². The van der Waals surface area contributed by atoms with Gasteiger partial charge in [-0.15, -0.1) is 0 Å². The molecule has 2 saturated heterocycles. The van der Waals surface area contributed by atoms with Crippen molar-refractivity contribution in [1.29, 1.82) is 0 Å². The third kappa shape index (κ3) is 4.85. The summed E-state index contributed by atoms with van der Waals surface area (Å²) >= 11 is 0. The molecule has 0 N–H and O–H groups in total. The maximum Gasteiger partial charge on any atom is 0.420 e. The largest absolute Gasteiger partial charge is 0.420 e. The summed E-state index contributed by atoms with van der Waals surface area (Å²) in [5, 5.41) is 0. The predicted octanol–water partition coefficient (Wildman–Crippen LogP) is 2.51. The van der Waals surface area contributed by atoms with Crippen molar-refractivity contribution >= 4 is 32.7 Å². The fraction of sp³-hybridized carbons (Fsp3) is 0.440.